The average Bonchev–Trinajstić information content (AvgIpc) is 3.46. The monoisotopic (exact) mass is 623 g/mol. The average molecular weight is 624 g/mol. The zero-order chi connectivity index (χ0) is 31.2. The summed E-state index contributed by atoms with van der Waals surface area (Å²) in [5.74, 6) is -0.723. The molecule has 0 spiro atoms. The SMILES string of the molecule is CC(C)(C)c1ccc(N(CC(=O)N(Cc2cccc(Cl)c2)C(Cc2ccccc2)C(=O)NC2CCCC2)S(C)(=O)=O)cc1. The van der Waals surface area contributed by atoms with E-state index in [1.807, 2.05) is 48.5 Å². The maximum absolute atomic E-state index is 14.3. The van der Waals surface area contributed by atoms with Crippen molar-refractivity contribution in [3.05, 3.63) is 101 Å². The van der Waals surface area contributed by atoms with Crippen molar-refractivity contribution in [1.29, 1.82) is 0 Å². The van der Waals surface area contributed by atoms with Crippen LogP contribution in [0.15, 0.2) is 78.9 Å². The summed E-state index contributed by atoms with van der Waals surface area (Å²) < 4.78 is 27.2. The van der Waals surface area contributed by atoms with Gasteiger partial charge in [-0.25, -0.2) is 8.42 Å². The van der Waals surface area contributed by atoms with Crippen LogP contribution in [0.25, 0.3) is 0 Å². The topological polar surface area (TPSA) is 86.8 Å². The molecule has 43 heavy (non-hydrogen) atoms. The molecular formula is C34H42ClN3O4S. The van der Waals surface area contributed by atoms with Gasteiger partial charge >= 0.3 is 0 Å². The Labute approximate surface area is 261 Å². The highest BCUT2D eigenvalue weighted by atomic mass is 35.5. The highest BCUT2D eigenvalue weighted by molar-refractivity contribution is 7.92. The van der Waals surface area contributed by atoms with Crippen LogP contribution in [0.1, 0.15) is 63.1 Å². The third-order valence-electron chi connectivity index (χ3n) is 7.92. The largest absolute Gasteiger partial charge is 0.352 e. The number of nitrogens with zero attached hydrogens (tertiary/aromatic N) is 2. The van der Waals surface area contributed by atoms with Crippen molar-refractivity contribution >= 4 is 39.1 Å². The molecule has 1 unspecified atom stereocenters. The van der Waals surface area contributed by atoms with E-state index in [2.05, 4.69) is 26.1 Å². The summed E-state index contributed by atoms with van der Waals surface area (Å²) in [6.07, 6.45) is 5.28. The Morgan fingerprint density at radius 2 is 1.56 bits per heavy atom. The first-order valence-electron chi connectivity index (χ1n) is 14.8. The molecule has 4 rings (SSSR count). The minimum atomic E-state index is -3.83. The number of nitrogens with one attached hydrogen (secondary N) is 1. The van der Waals surface area contributed by atoms with Crippen LogP contribution in [0.4, 0.5) is 5.69 Å². The molecule has 7 nitrogen and oxygen atoms in total. The Morgan fingerprint density at radius 1 is 0.930 bits per heavy atom. The van der Waals surface area contributed by atoms with Crippen molar-refractivity contribution in [3.63, 3.8) is 0 Å². The number of carbonyl (C=O) groups excluding carboxylic acids is 2. The van der Waals surface area contributed by atoms with Gasteiger partial charge in [0.25, 0.3) is 0 Å². The second-order valence-electron chi connectivity index (χ2n) is 12.4. The van der Waals surface area contributed by atoms with Gasteiger partial charge in [-0.15, -0.1) is 0 Å². The molecule has 0 radical (unpaired) electrons. The molecule has 0 aromatic heterocycles. The van der Waals surface area contributed by atoms with Gasteiger partial charge in [-0.1, -0.05) is 99.8 Å². The molecule has 9 heteroatoms. The van der Waals surface area contributed by atoms with Gasteiger partial charge in [0.15, 0.2) is 0 Å². The van der Waals surface area contributed by atoms with E-state index in [1.165, 1.54) is 4.90 Å². The Kier molecular flexibility index (Phi) is 10.6. The molecule has 1 aliphatic rings. The molecule has 3 aromatic carbocycles. The zero-order valence-electron chi connectivity index (χ0n) is 25.4. The second kappa shape index (κ2) is 14.0. The zero-order valence-corrected chi connectivity index (χ0v) is 27.0. The molecule has 230 valence electrons. The molecule has 1 N–H and O–H groups in total. The standard InChI is InChI=1S/C34H42ClN3O4S/c1-34(2,3)27-17-19-30(20-18-27)38(43(4,41)42)24-32(39)37(23-26-13-10-14-28(35)21-26)31(22-25-11-6-5-7-12-25)33(40)36-29-15-8-9-16-29/h5-7,10-14,17-21,29,31H,8-9,15-16,22-24H2,1-4H3,(H,36,40). The fourth-order valence-corrected chi connectivity index (χ4v) is 6.56. The van der Waals surface area contributed by atoms with E-state index in [1.54, 1.807) is 30.3 Å². The van der Waals surface area contributed by atoms with E-state index >= 15 is 0 Å². The third kappa shape index (κ3) is 9.07. The van der Waals surface area contributed by atoms with Crippen LogP contribution in [-0.4, -0.2) is 50.0 Å². The van der Waals surface area contributed by atoms with Gasteiger partial charge in [0.05, 0.1) is 11.9 Å². The minimum absolute atomic E-state index is 0.0581. The Hall–Kier alpha value is -3.36. The lowest BCUT2D eigenvalue weighted by molar-refractivity contribution is -0.140. The van der Waals surface area contributed by atoms with E-state index in [0.29, 0.717) is 10.7 Å². The lowest BCUT2D eigenvalue weighted by Gasteiger charge is -2.34. The van der Waals surface area contributed by atoms with Crippen molar-refractivity contribution in [2.75, 3.05) is 17.1 Å². The van der Waals surface area contributed by atoms with Crippen molar-refractivity contribution < 1.29 is 18.0 Å². The van der Waals surface area contributed by atoms with Gasteiger partial charge in [-0.2, -0.15) is 0 Å². The van der Waals surface area contributed by atoms with Gasteiger partial charge in [-0.3, -0.25) is 13.9 Å². The van der Waals surface area contributed by atoms with Gasteiger partial charge < -0.3 is 10.2 Å². The first-order valence-corrected chi connectivity index (χ1v) is 17.0. The fraction of sp³-hybridized carbons (Fsp3) is 0.412. The smallest absolute Gasteiger partial charge is 0.244 e. The van der Waals surface area contributed by atoms with E-state index in [-0.39, 0.29) is 30.3 Å². The van der Waals surface area contributed by atoms with Gasteiger partial charge in [0.1, 0.15) is 12.6 Å². The molecule has 1 fully saturated rings. The highest BCUT2D eigenvalue weighted by Gasteiger charge is 2.34. The highest BCUT2D eigenvalue weighted by Crippen LogP contribution is 2.27. The van der Waals surface area contributed by atoms with Crippen LogP contribution in [0.3, 0.4) is 0 Å². The Balaban J connectivity index is 1.72. The lowest BCUT2D eigenvalue weighted by Crippen LogP contribution is -2.54. The van der Waals surface area contributed by atoms with Gasteiger partial charge in [0.2, 0.25) is 21.8 Å². The number of hydrogen-bond acceptors (Lipinski definition) is 4. The lowest BCUT2D eigenvalue weighted by atomic mass is 9.87. The molecule has 3 aromatic rings. The number of amides is 2. The summed E-state index contributed by atoms with van der Waals surface area (Å²) in [5, 5.41) is 3.69. The maximum Gasteiger partial charge on any atom is 0.244 e. The third-order valence-corrected chi connectivity index (χ3v) is 9.29. The normalized spacial score (nSPS) is 14.7. The summed E-state index contributed by atoms with van der Waals surface area (Å²) >= 11 is 6.29. The summed E-state index contributed by atoms with van der Waals surface area (Å²) in [6.45, 7) is 5.89. The molecular weight excluding hydrogens is 582 g/mol. The number of hydrogen-bond donors (Lipinski definition) is 1. The Bertz CT molecular complexity index is 1500. The van der Waals surface area contributed by atoms with Crippen LogP contribution in [-0.2, 0) is 38.0 Å². The quantitative estimate of drug-likeness (QED) is 0.280. The van der Waals surface area contributed by atoms with Crippen LogP contribution >= 0.6 is 11.6 Å². The summed E-state index contributed by atoms with van der Waals surface area (Å²) in [4.78, 5) is 29.7. The fourth-order valence-electron chi connectivity index (χ4n) is 5.49. The molecule has 1 saturated carbocycles. The number of anilines is 1. The first-order chi connectivity index (χ1) is 20.3. The van der Waals surface area contributed by atoms with Crippen LogP contribution in [0, 0.1) is 0 Å². The van der Waals surface area contributed by atoms with E-state index in [4.69, 9.17) is 11.6 Å². The number of benzene rings is 3. The molecule has 0 saturated heterocycles. The number of carbonyl (C=O) groups is 2. The van der Waals surface area contributed by atoms with E-state index < -0.39 is 28.5 Å². The minimum Gasteiger partial charge on any atom is -0.352 e. The number of rotatable bonds is 11. The summed E-state index contributed by atoms with van der Waals surface area (Å²) in [6, 6.07) is 23.1. The molecule has 0 aliphatic heterocycles. The Morgan fingerprint density at radius 3 is 2.14 bits per heavy atom. The molecule has 1 atom stereocenters. The first kappa shape index (κ1) is 32.6. The maximum atomic E-state index is 14.3. The summed E-state index contributed by atoms with van der Waals surface area (Å²) in [7, 11) is -3.83. The predicted molar refractivity (Wildman–Crippen MR) is 174 cm³/mol. The van der Waals surface area contributed by atoms with Crippen molar-refractivity contribution in [2.24, 2.45) is 0 Å². The van der Waals surface area contributed by atoms with Crippen LogP contribution < -0.4 is 9.62 Å². The summed E-state index contributed by atoms with van der Waals surface area (Å²) in [5.41, 5.74) is 2.96. The molecule has 0 bridgehead atoms. The molecule has 1 aliphatic carbocycles. The van der Waals surface area contributed by atoms with E-state index in [9.17, 15) is 18.0 Å². The van der Waals surface area contributed by atoms with Crippen molar-refractivity contribution in [1.82, 2.24) is 10.2 Å². The molecule has 2 amide bonds. The van der Waals surface area contributed by atoms with Gasteiger partial charge in [-0.05, 0) is 59.2 Å². The van der Waals surface area contributed by atoms with Crippen LogP contribution in [0.2, 0.25) is 5.02 Å². The second-order valence-corrected chi connectivity index (χ2v) is 14.8. The van der Waals surface area contributed by atoms with Gasteiger partial charge in [0, 0.05) is 24.0 Å². The molecule has 0 heterocycles. The predicted octanol–water partition coefficient (Wildman–Crippen LogP) is 6.10. The number of sulfonamides is 1. The van der Waals surface area contributed by atoms with Crippen molar-refractivity contribution in [3.8, 4) is 0 Å². The van der Waals surface area contributed by atoms with E-state index in [0.717, 1.165) is 52.9 Å². The van der Waals surface area contributed by atoms with Crippen molar-refractivity contribution in [2.45, 2.75) is 76.9 Å². The number of halogens is 1. The van der Waals surface area contributed by atoms with Crippen LogP contribution in [0.5, 0.6) is 0 Å².